The molecule has 0 aliphatic carbocycles. The molecule has 0 unspecified atom stereocenters. The third-order valence-corrected chi connectivity index (χ3v) is 5.95. The Morgan fingerprint density at radius 3 is 1.76 bits per heavy atom. The number of hydrogen-bond donors (Lipinski definition) is 2. The molecule has 0 amide bonds. The summed E-state index contributed by atoms with van der Waals surface area (Å²) in [5, 5.41) is 14.8. The largest absolute Gasteiger partial charge is 0.493 e. The van der Waals surface area contributed by atoms with Crippen molar-refractivity contribution in [3.8, 4) is 17.2 Å². The minimum atomic E-state index is -1.82. The SMILES string of the molecule is COc1ccc(CN2CCN(Cc3ccccc3Br)CC2)c(OC)c1OC.O=C(O)C(=O)O. The molecule has 0 bridgehead atoms. The molecule has 0 radical (unpaired) electrons. The highest BCUT2D eigenvalue weighted by Crippen LogP contribution is 2.40. The lowest BCUT2D eigenvalue weighted by Crippen LogP contribution is -2.45. The monoisotopic (exact) mass is 524 g/mol. The van der Waals surface area contributed by atoms with Crippen LogP contribution < -0.4 is 14.2 Å². The van der Waals surface area contributed by atoms with Gasteiger partial charge in [-0.1, -0.05) is 40.2 Å². The average molecular weight is 525 g/mol. The Kier molecular flexibility index (Phi) is 10.4. The second kappa shape index (κ2) is 13.0. The van der Waals surface area contributed by atoms with Gasteiger partial charge in [-0.15, -0.1) is 0 Å². The van der Waals surface area contributed by atoms with Gasteiger partial charge in [-0.05, 0) is 17.7 Å². The maximum atomic E-state index is 9.10. The average Bonchev–Trinajstić information content (AvgIpc) is 2.81. The zero-order chi connectivity index (χ0) is 24.4. The molecule has 180 valence electrons. The van der Waals surface area contributed by atoms with Gasteiger partial charge in [0.2, 0.25) is 5.75 Å². The lowest BCUT2D eigenvalue weighted by Gasteiger charge is -2.35. The first-order valence-corrected chi connectivity index (χ1v) is 11.0. The first-order valence-electron chi connectivity index (χ1n) is 10.2. The number of aliphatic carboxylic acids is 2. The Morgan fingerprint density at radius 1 is 0.788 bits per heavy atom. The number of hydrogen-bond acceptors (Lipinski definition) is 7. The molecule has 33 heavy (non-hydrogen) atoms. The molecule has 9 nitrogen and oxygen atoms in total. The van der Waals surface area contributed by atoms with E-state index in [1.165, 1.54) is 10.0 Å². The van der Waals surface area contributed by atoms with E-state index in [-0.39, 0.29) is 0 Å². The molecule has 1 heterocycles. The number of benzene rings is 2. The zero-order valence-electron chi connectivity index (χ0n) is 18.9. The predicted molar refractivity (Wildman–Crippen MR) is 126 cm³/mol. The van der Waals surface area contributed by atoms with Crippen LogP contribution in [0.15, 0.2) is 40.9 Å². The summed E-state index contributed by atoms with van der Waals surface area (Å²) in [5.41, 5.74) is 2.46. The van der Waals surface area contributed by atoms with Crippen molar-refractivity contribution in [3.05, 3.63) is 52.0 Å². The summed E-state index contributed by atoms with van der Waals surface area (Å²) in [6.45, 7) is 5.99. The van der Waals surface area contributed by atoms with Gasteiger partial charge in [0.25, 0.3) is 0 Å². The second-order valence-electron chi connectivity index (χ2n) is 7.25. The Morgan fingerprint density at radius 2 is 1.30 bits per heavy atom. The summed E-state index contributed by atoms with van der Waals surface area (Å²) < 4.78 is 17.7. The van der Waals surface area contributed by atoms with Crippen molar-refractivity contribution in [2.24, 2.45) is 0 Å². The van der Waals surface area contributed by atoms with Crippen LogP contribution in [0.3, 0.4) is 0 Å². The second-order valence-corrected chi connectivity index (χ2v) is 8.10. The number of methoxy groups -OCH3 is 3. The minimum absolute atomic E-state index is 0.657. The number of piperazine rings is 1. The summed E-state index contributed by atoms with van der Waals surface area (Å²) in [4.78, 5) is 23.2. The van der Waals surface area contributed by atoms with Crippen LogP contribution in [-0.4, -0.2) is 79.5 Å². The van der Waals surface area contributed by atoms with E-state index >= 15 is 0 Å². The fourth-order valence-corrected chi connectivity index (χ4v) is 3.91. The van der Waals surface area contributed by atoms with Gasteiger partial charge in [0.1, 0.15) is 0 Å². The van der Waals surface area contributed by atoms with Crippen LogP contribution in [0.2, 0.25) is 0 Å². The predicted octanol–water partition coefficient (Wildman–Crippen LogP) is 2.95. The quantitative estimate of drug-likeness (QED) is 0.528. The Balaban J connectivity index is 0.000000569. The van der Waals surface area contributed by atoms with Gasteiger partial charge >= 0.3 is 11.9 Å². The molecule has 0 aromatic heterocycles. The molecular formula is C23H29BrN2O7. The van der Waals surface area contributed by atoms with Crippen molar-refractivity contribution in [3.63, 3.8) is 0 Å². The Labute approximate surface area is 201 Å². The molecule has 10 heteroatoms. The van der Waals surface area contributed by atoms with E-state index in [1.54, 1.807) is 21.3 Å². The highest BCUT2D eigenvalue weighted by molar-refractivity contribution is 9.10. The maximum absolute atomic E-state index is 9.10. The van der Waals surface area contributed by atoms with E-state index < -0.39 is 11.9 Å². The van der Waals surface area contributed by atoms with E-state index in [1.807, 2.05) is 6.07 Å². The number of nitrogens with zero attached hydrogens (tertiary/aromatic N) is 2. The van der Waals surface area contributed by atoms with E-state index in [2.05, 4.69) is 56.1 Å². The summed E-state index contributed by atoms with van der Waals surface area (Å²) >= 11 is 3.65. The van der Waals surface area contributed by atoms with E-state index in [0.717, 1.165) is 50.6 Å². The number of carboxylic acid groups (broad SMARTS) is 2. The number of halogens is 1. The summed E-state index contributed by atoms with van der Waals surface area (Å²) in [6, 6.07) is 12.5. The van der Waals surface area contributed by atoms with Crippen LogP contribution in [0.4, 0.5) is 0 Å². The fraction of sp³-hybridized carbons (Fsp3) is 0.391. The van der Waals surface area contributed by atoms with Crippen LogP contribution in [-0.2, 0) is 22.7 Å². The molecule has 2 N–H and O–H groups in total. The standard InChI is InChI=1S/C21H27BrN2O3.C2H2O4/c1-25-19-9-8-17(20(26-2)21(19)27-3)15-24-12-10-23(11-13-24)14-16-6-4-5-7-18(16)22;3-1(4)2(5)6/h4-9H,10-15H2,1-3H3;(H,3,4)(H,5,6). The lowest BCUT2D eigenvalue weighted by molar-refractivity contribution is -0.159. The number of rotatable bonds is 7. The van der Waals surface area contributed by atoms with Crippen molar-refractivity contribution in [2.45, 2.75) is 13.1 Å². The molecule has 0 atom stereocenters. The van der Waals surface area contributed by atoms with Gasteiger partial charge in [-0.25, -0.2) is 9.59 Å². The molecule has 0 spiro atoms. The topological polar surface area (TPSA) is 109 Å². The number of carboxylic acids is 2. The zero-order valence-corrected chi connectivity index (χ0v) is 20.5. The van der Waals surface area contributed by atoms with E-state index in [0.29, 0.717) is 11.5 Å². The number of ether oxygens (including phenoxy) is 3. The van der Waals surface area contributed by atoms with Gasteiger partial charge in [0.05, 0.1) is 21.3 Å². The molecule has 2 aromatic rings. The molecule has 0 saturated carbocycles. The van der Waals surface area contributed by atoms with Crippen molar-refractivity contribution < 1.29 is 34.0 Å². The van der Waals surface area contributed by atoms with Crippen molar-refractivity contribution >= 4 is 27.9 Å². The Bertz CT molecular complexity index is 934. The highest BCUT2D eigenvalue weighted by Gasteiger charge is 2.21. The lowest BCUT2D eigenvalue weighted by atomic mass is 10.1. The first kappa shape index (κ1) is 26.4. The number of carbonyl (C=O) groups is 2. The normalized spacial score (nSPS) is 14.1. The van der Waals surface area contributed by atoms with E-state index in [9.17, 15) is 0 Å². The highest BCUT2D eigenvalue weighted by atomic mass is 79.9. The first-order chi connectivity index (χ1) is 15.8. The van der Waals surface area contributed by atoms with Crippen LogP contribution in [0.1, 0.15) is 11.1 Å². The minimum Gasteiger partial charge on any atom is -0.493 e. The molecule has 3 rings (SSSR count). The van der Waals surface area contributed by atoms with Crippen LogP contribution in [0.5, 0.6) is 17.2 Å². The molecule has 1 saturated heterocycles. The fourth-order valence-electron chi connectivity index (χ4n) is 3.50. The molecule has 1 aliphatic rings. The molecule has 1 fully saturated rings. The third-order valence-electron chi connectivity index (χ3n) is 5.18. The molecule has 2 aromatic carbocycles. The van der Waals surface area contributed by atoms with Crippen LogP contribution in [0, 0.1) is 0 Å². The van der Waals surface area contributed by atoms with Crippen LogP contribution >= 0.6 is 15.9 Å². The summed E-state index contributed by atoms with van der Waals surface area (Å²) in [5.74, 6) is -1.54. The van der Waals surface area contributed by atoms with Gasteiger partial charge in [0, 0.05) is 49.3 Å². The molecule has 1 aliphatic heterocycles. The van der Waals surface area contributed by atoms with Crippen LogP contribution in [0.25, 0.3) is 0 Å². The maximum Gasteiger partial charge on any atom is 0.414 e. The molecular weight excluding hydrogens is 496 g/mol. The van der Waals surface area contributed by atoms with Crippen molar-refractivity contribution in [1.29, 1.82) is 0 Å². The van der Waals surface area contributed by atoms with Gasteiger partial charge in [0.15, 0.2) is 11.5 Å². The van der Waals surface area contributed by atoms with E-state index in [4.69, 9.17) is 34.0 Å². The van der Waals surface area contributed by atoms with Gasteiger partial charge in [-0.3, -0.25) is 9.80 Å². The van der Waals surface area contributed by atoms with Gasteiger partial charge in [-0.2, -0.15) is 0 Å². The summed E-state index contributed by atoms with van der Waals surface area (Å²) in [7, 11) is 4.96. The van der Waals surface area contributed by atoms with Crippen molar-refractivity contribution in [2.75, 3.05) is 47.5 Å². The summed E-state index contributed by atoms with van der Waals surface area (Å²) in [6.07, 6.45) is 0. The Hall–Kier alpha value is -2.82. The van der Waals surface area contributed by atoms with Gasteiger partial charge < -0.3 is 24.4 Å². The smallest absolute Gasteiger partial charge is 0.414 e. The third kappa shape index (κ3) is 7.62. The van der Waals surface area contributed by atoms with Crippen molar-refractivity contribution in [1.82, 2.24) is 9.80 Å².